The molecule has 0 bridgehead atoms. The van der Waals surface area contributed by atoms with E-state index in [2.05, 4.69) is 17.9 Å². The molecule has 0 aliphatic heterocycles. The molecule has 0 atom stereocenters. The molecule has 0 aromatic heterocycles. The molecule has 0 spiro atoms. The summed E-state index contributed by atoms with van der Waals surface area (Å²) in [6.07, 6.45) is 0.975. The summed E-state index contributed by atoms with van der Waals surface area (Å²) in [5.74, 6) is -1.04. The Morgan fingerprint density at radius 3 is 1.79 bits per heavy atom. The molecule has 0 saturated carbocycles. The molecule has 0 saturated heterocycles. The van der Waals surface area contributed by atoms with Crippen molar-refractivity contribution in [2.45, 2.75) is 6.92 Å². The Morgan fingerprint density at radius 2 is 1.30 bits per heavy atom. The lowest BCUT2D eigenvalue weighted by atomic mass is 9.99. The molecule has 3 rings (SSSR count). The van der Waals surface area contributed by atoms with Gasteiger partial charge in [0.2, 0.25) is 0 Å². The molecule has 0 aliphatic carbocycles. The minimum atomic E-state index is -0.690. The van der Waals surface area contributed by atoms with E-state index in [0.717, 1.165) is 28.3 Å². The molecule has 6 heteroatoms. The maximum Gasteiger partial charge on any atom is 0.349 e. The van der Waals surface area contributed by atoms with E-state index in [0.29, 0.717) is 17.1 Å². The van der Waals surface area contributed by atoms with Crippen molar-refractivity contribution >= 4 is 17.9 Å². The highest BCUT2D eigenvalue weighted by Gasteiger charge is 2.09. The third-order valence-electron chi connectivity index (χ3n) is 4.53. The highest BCUT2D eigenvalue weighted by Crippen LogP contribution is 2.29. The first kappa shape index (κ1) is 23.2. The molecule has 0 amide bonds. The lowest BCUT2D eigenvalue weighted by molar-refractivity contribution is -0.150. The van der Waals surface area contributed by atoms with Gasteiger partial charge in [0.15, 0.2) is 6.61 Å². The van der Waals surface area contributed by atoms with Gasteiger partial charge in [-0.1, -0.05) is 55.6 Å². The lowest BCUT2D eigenvalue weighted by Gasteiger charge is -2.09. The maximum absolute atomic E-state index is 11.7. The first-order valence-electron chi connectivity index (χ1n) is 10.0. The molecular formula is C27H22O6. The van der Waals surface area contributed by atoms with Crippen LogP contribution in [0.1, 0.15) is 6.92 Å². The Labute approximate surface area is 191 Å². The van der Waals surface area contributed by atoms with Gasteiger partial charge in [0, 0.05) is 11.6 Å². The van der Waals surface area contributed by atoms with E-state index in [1.807, 2.05) is 48.5 Å². The molecule has 0 radical (unpaired) electrons. The van der Waals surface area contributed by atoms with Gasteiger partial charge in [0.05, 0.1) is 0 Å². The number of hydrogen-bond donors (Lipinski definition) is 0. The predicted molar refractivity (Wildman–Crippen MR) is 125 cm³/mol. The highest BCUT2D eigenvalue weighted by atomic mass is 16.6. The Hall–Kier alpha value is -4.45. The quantitative estimate of drug-likeness (QED) is 0.273. The lowest BCUT2D eigenvalue weighted by Crippen LogP contribution is -2.17. The highest BCUT2D eigenvalue weighted by molar-refractivity contribution is 5.89. The van der Waals surface area contributed by atoms with Gasteiger partial charge in [-0.2, -0.15) is 0 Å². The largest absolute Gasteiger partial charge is 0.451 e. The van der Waals surface area contributed by atoms with Gasteiger partial charge in [-0.25, -0.2) is 14.4 Å². The van der Waals surface area contributed by atoms with Gasteiger partial charge < -0.3 is 14.2 Å². The van der Waals surface area contributed by atoms with E-state index in [1.165, 1.54) is 0 Å². The van der Waals surface area contributed by atoms with Crippen LogP contribution in [-0.4, -0.2) is 24.5 Å². The zero-order valence-corrected chi connectivity index (χ0v) is 18.1. The van der Waals surface area contributed by atoms with Crippen LogP contribution in [0.2, 0.25) is 0 Å². The second kappa shape index (κ2) is 10.7. The van der Waals surface area contributed by atoms with Crippen molar-refractivity contribution in [1.82, 2.24) is 0 Å². The molecule has 3 aromatic rings. The van der Waals surface area contributed by atoms with Crippen LogP contribution in [0, 0.1) is 0 Å². The molecule has 0 N–H and O–H groups in total. The van der Waals surface area contributed by atoms with Crippen molar-refractivity contribution in [3.8, 4) is 33.8 Å². The molecule has 6 nitrogen and oxygen atoms in total. The van der Waals surface area contributed by atoms with E-state index in [4.69, 9.17) is 9.47 Å². The van der Waals surface area contributed by atoms with Crippen LogP contribution in [0.4, 0.5) is 0 Å². The van der Waals surface area contributed by atoms with Crippen molar-refractivity contribution in [3.05, 3.63) is 97.6 Å². The van der Waals surface area contributed by atoms with Gasteiger partial charge in [-0.05, 0) is 59.5 Å². The first-order valence-corrected chi connectivity index (χ1v) is 10.0. The second-order valence-corrected chi connectivity index (χ2v) is 7.09. The Balaban J connectivity index is 1.68. The Bertz CT molecular complexity index is 1190. The van der Waals surface area contributed by atoms with Crippen LogP contribution in [0.5, 0.6) is 11.5 Å². The molecule has 0 heterocycles. The van der Waals surface area contributed by atoms with Crippen molar-refractivity contribution in [3.63, 3.8) is 0 Å². The SMILES string of the molecule is C=CC(=O)OCC(=O)Oc1ccc(-c2cccc(-c3ccc(OC(=O)C(=C)C)cc3)c2)cc1. The summed E-state index contributed by atoms with van der Waals surface area (Å²) >= 11 is 0. The van der Waals surface area contributed by atoms with Crippen molar-refractivity contribution in [2.75, 3.05) is 6.61 Å². The van der Waals surface area contributed by atoms with E-state index in [9.17, 15) is 14.4 Å². The minimum Gasteiger partial charge on any atom is -0.451 e. The van der Waals surface area contributed by atoms with Gasteiger partial charge in [-0.15, -0.1) is 0 Å². The third-order valence-corrected chi connectivity index (χ3v) is 4.53. The monoisotopic (exact) mass is 442 g/mol. The van der Waals surface area contributed by atoms with Crippen molar-refractivity contribution in [1.29, 1.82) is 0 Å². The smallest absolute Gasteiger partial charge is 0.349 e. The summed E-state index contributed by atoms with van der Waals surface area (Å²) in [5.41, 5.74) is 4.20. The third kappa shape index (κ3) is 6.51. The van der Waals surface area contributed by atoms with E-state index in [-0.39, 0.29) is 0 Å². The number of carbonyl (C=O) groups is 3. The Morgan fingerprint density at radius 1 is 0.788 bits per heavy atom. The van der Waals surface area contributed by atoms with Crippen LogP contribution in [0.3, 0.4) is 0 Å². The van der Waals surface area contributed by atoms with Gasteiger partial charge in [0.25, 0.3) is 0 Å². The van der Waals surface area contributed by atoms with Crippen LogP contribution >= 0.6 is 0 Å². The summed E-state index contributed by atoms with van der Waals surface area (Å²) in [6, 6.07) is 22.2. The summed E-state index contributed by atoms with van der Waals surface area (Å²) < 4.78 is 15.0. The fourth-order valence-corrected chi connectivity index (χ4v) is 2.85. The number of esters is 3. The molecule has 0 aliphatic rings. The standard InChI is InChI=1S/C27H22O6/c1-4-25(28)31-17-26(29)32-23-12-8-19(9-13-23)21-6-5-7-22(16-21)20-10-14-24(15-11-20)33-27(30)18(2)3/h4-16H,1-2,17H2,3H3. The van der Waals surface area contributed by atoms with Crippen molar-refractivity contribution < 1.29 is 28.6 Å². The van der Waals surface area contributed by atoms with Gasteiger partial charge in [0.1, 0.15) is 11.5 Å². The molecule has 0 fully saturated rings. The number of carbonyl (C=O) groups excluding carboxylic acids is 3. The summed E-state index contributed by atoms with van der Waals surface area (Å²) in [5, 5.41) is 0. The second-order valence-electron chi connectivity index (χ2n) is 7.09. The fraction of sp³-hybridized carbons (Fsp3) is 0.0741. The number of hydrogen-bond acceptors (Lipinski definition) is 6. The minimum absolute atomic E-state index is 0.337. The van der Waals surface area contributed by atoms with Crippen LogP contribution in [0.15, 0.2) is 97.6 Å². The van der Waals surface area contributed by atoms with Crippen LogP contribution in [0.25, 0.3) is 22.3 Å². The first-order chi connectivity index (χ1) is 15.9. The average molecular weight is 442 g/mol. The number of rotatable bonds is 8. The molecule has 33 heavy (non-hydrogen) atoms. The molecular weight excluding hydrogens is 420 g/mol. The summed E-state index contributed by atoms with van der Waals surface area (Å²) in [4.78, 5) is 34.4. The summed E-state index contributed by atoms with van der Waals surface area (Å²) in [7, 11) is 0. The van der Waals surface area contributed by atoms with Crippen LogP contribution < -0.4 is 9.47 Å². The number of benzene rings is 3. The maximum atomic E-state index is 11.7. The molecule has 3 aromatic carbocycles. The van der Waals surface area contributed by atoms with Crippen LogP contribution in [-0.2, 0) is 19.1 Å². The average Bonchev–Trinajstić information content (AvgIpc) is 2.83. The zero-order valence-electron chi connectivity index (χ0n) is 18.1. The predicted octanol–water partition coefficient (Wildman–Crippen LogP) is 5.14. The zero-order chi connectivity index (χ0) is 23.8. The Kier molecular flexibility index (Phi) is 7.55. The van der Waals surface area contributed by atoms with E-state index in [1.54, 1.807) is 31.2 Å². The normalized spacial score (nSPS) is 10.1. The topological polar surface area (TPSA) is 78.9 Å². The van der Waals surface area contributed by atoms with Gasteiger partial charge >= 0.3 is 17.9 Å². The van der Waals surface area contributed by atoms with Gasteiger partial charge in [-0.3, -0.25) is 0 Å². The summed E-state index contributed by atoms with van der Waals surface area (Å²) in [6.45, 7) is 7.94. The molecule has 0 unspecified atom stereocenters. The van der Waals surface area contributed by atoms with E-state index >= 15 is 0 Å². The number of ether oxygens (including phenoxy) is 3. The van der Waals surface area contributed by atoms with Crippen molar-refractivity contribution in [2.24, 2.45) is 0 Å². The molecule has 166 valence electrons. The fourth-order valence-electron chi connectivity index (χ4n) is 2.85. The van der Waals surface area contributed by atoms with E-state index < -0.39 is 24.5 Å².